The van der Waals surface area contributed by atoms with E-state index in [4.69, 9.17) is 0 Å². The number of rotatable bonds is 0. The van der Waals surface area contributed by atoms with Crippen LogP contribution in [0.2, 0.25) is 0 Å². The highest BCUT2D eigenvalue weighted by molar-refractivity contribution is 6.21. The molecule has 2 N–H and O–H groups in total. The van der Waals surface area contributed by atoms with E-state index in [-0.39, 0.29) is 11.7 Å². The van der Waals surface area contributed by atoms with E-state index in [1.165, 1.54) is 0 Å². The number of allylic oxidation sites excluding steroid dienone is 1. The standard InChI is InChI=1S/C8H8N2O2/c11-6-3-1-2-5-4-9-10-8(12)7(5)6/h1-2,9H,3-4H2,(H,10,12). The van der Waals surface area contributed by atoms with Crippen molar-refractivity contribution in [3.63, 3.8) is 0 Å². The Kier molecular flexibility index (Phi) is 1.55. The molecule has 0 atom stereocenters. The van der Waals surface area contributed by atoms with Gasteiger partial charge in [0, 0.05) is 13.0 Å². The molecule has 0 saturated heterocycles. The number of hydrazine groups is 1. The summed E-state index contributed by atoms with van der Waals surface area (Å²) < 4.78 is 0. The molecule has 0 aromatic rings. The number of Topliss-reactive ketones (excluding diaryl/α,β-unsaturated/α-hetero) is 1. The zero-order valence-corrected chi connectivity index (χ0v) is 6.39. The van der Waals surface area contributed by atoms with E-state index in [0.717, 1.165) is 5.57 Å². The Morgan fingerprint density at radius 2 is 2.17 bits per heavy atom. The van der Waals surface area contributed by atoms with Crippen molar-refractivity contribution in [2.75, 3.05) is 6.54 Å². The van der Waals surface area contributed by atoms with E-state index in [9.17, 15) is 9.59 Å². The lowest BCUT2D eigenvalue weighted by Gasteiger charge is -2.20. The number of carbonyl (C=O) groups excluding carboxylic acids is 2. The molecule has 1 amide bonds. The molecule has 62 valence electrons. The predicted molar refractivity (Wildman–Crippen MR) is 41.9 cm³/mol. The van der Waals surface area contributed by atoms with E-state index in [1.54, 1.807) is 6.08 Å². The van der Waals surface area contributed by atoms with Crippen LogP contribution in [0.3, 0.4) is 0 Å². The van der Waals surface area contributed by atoms with E-state index >= 15 is 0 Å². The Balaban J connectivity index is 2.47. The maximum Gasteiger partial charge on any atom is 0.269 e. The Morgan fingerprint density at radius 3 is 2.92 bits per heavy atom. The first-order valence-electron chi connectivity index (χ1n) is 3.75. The summed E-state index contributed by atoms with van der Waals surface area (Å²) in [5, 5.41) is 0. The summed E-state index contributed by atoms with van der Waals surface area (Å²) in [6.45, 7) is 0.531. The molecule has 0 unspecified atom stereocenters. The molecule has 0 spiro atoms. The normalized spacial score (nSPS) is 22.3. The van der Waals surface area contributed by atoms with Crippen molar-refractivity contribution in [3.05, 3.63) is 23.3 Å². The molecule has 0 aromatic carbocycles. The molecular weight excluding hydrogens is 156 g/mol. The molecule has 1 aliphatic carbocycles. The third kappa shape index (κ3) is 0.967. The number of nitrogens with one attached hydrogen (secondary N) is 2. The highest BCUT2D eigenvalue weighted by Gasteiger charge is 2.26. The molecule has 2 aliphatic rings. The van der Waals surface area contributed by atoms with Crippen molar-refractivity contribution < 1.29 is 9.59 Å². The Labute approximate surface area is 69.3 Å². The predicted octanol–water partition coefficient (Wildman–Crippen LogP) is -0.554. The molecule has 4 heteroatoms. The minimum atomic E-state index is -0.314. The van der Waals surface area contributed by atoms with Crippen molar-refractivity contribution in [2.24, 2.45) is 0 Å². The lowest BCUT2D eigenvalue weighted by molar-refractivity contribution is -0.123. The fourth-order valence-electron chi connectivity index (χ4n) is 1.37. The molecule has 1 heterocycles. The smallest absolute Gasteiger partial charge is 0.269 e. The van der Waals surface area contributed by atoms with Crippen molar-refractivity contribution in [1.29, 1.82) is 0 Å². The van der Waals surface area contributed by atoms with Crippen LogP contribution in [0.5, 0.6) is 0 Å². The van der Waals surface area contributed by atoms with Gasteiger partial charge in [0.15, 0.2) is 5.78 Å². The number of hydrogen-bond donors (Lipinski definition) is 2. The van der Waals surface area contributed by atoms with Gasteiger partial charge < -0.3 is 0 Å². The summed E-state index contributed by atoms with van der Waals surface area (Å²) >= 11 is 0. The maximum atomic E-state index is 11.2. The topological polar surface area (TPSA) is 58.2 Å². The van der Waals surface area contributed by atoms with Crippen molar-refractivity contribution >= 4 is 11.7 Å². The summed E-state index contributed by atoms with van der Waals surface area (Å²) in [4.78, 5) is 22.4. The fraction of sp³-hybridized carbons (Fsp3) is 0.250. The molecule has 0 fully saturated rings. The highest BCUT2D eigenvalue weighted by atomic mass is 16.2. The van der Waals surface area contributed by atoms with Gasteiger partial charge in [-0.05, 0) is 5.57 Å². The van der Waals surface area contributed by atoms with Gasteiger partial charge in [-0.2, -0.15) is 0 Å². The van der Waals surface area contributed by atoms with Crippen LogP contribution in [0.1, 0.15) is 6.42 Å². The van der Waals surface area contributed by atoms with Gasteiger partial charge in [-0.15, -0.1) is 0 Å². The Hall–Kier alpha value is -1.42. The van der Waals surface area contributed by atoms with Crippen LogP contribution < -0.4 is 10.9 Å². The van der Waals surface area contributed by atoms with Crippen molar-refractivity contribution in [1.82, 2.24) is 10.9 Å². The van der Waals surface area contributed by atoms with Crippen molar-refractivity contribution in [2.45, 2.75) is 6.42 Å². The van der Waals surface area contributed by atoms with Gasteiger partial charge >= 0.3 is 0 Å². The average Bonchev–Trinajstić information content (AvgIpc) is 2.04. The molecular formula is C8H8N2O2. The highest BCUT2D eigenvalue weighted by Crippen LogP contribution is 2.16. The Bertz CT molecular complexity index is 315. The van der Waals surface area contributed by atoms with E-state index in [2.05, 4.69) is 10.9 Å². The number of carbonyl (C=O) groups is 2. The van der Waals surface area contributed by atoms with Gasteiger partial charge in [0.2, 0.25) is 0 Å². The first-order valence-corrected chi connectivity index (χ1v) is 3.75. The first-order chi connectivity index (χ1) is 5.79. The van der Waals surface area contributed by atoms with Crippen molar-refractivity contribution in [3.8, 4) is 0 Å². The summed E-state index contributed by atoms with van der Waals surface area (Å²) in [7, 11) is 0. The van der Waals surface area contributed by atoms with Gasteiger partial charge in [0.25, 0.3) is 5.91 Å². The minimum Gasteiger partial charge on any atom is -0.294 e. The number of amides is 1. The van der Waals surface area contributed by atoms with Crippen LogP contribution in [0, 0.1) is 0 Å². The zero-order chi connectivity index (χ0) is 8.55. The molecule has 2 rings (SSSR count). The number of ketones is 1. The van der Waals surface area contributed by atoms with E-state index in [1.807, 2.05) is 6.08 Å². The van der Waals surface area contributed by atoms with Crippen LogP contribution in [0.15, 0.2) is 23.3 Å². The number of hydrogen-bond acceptors (Lipinski definition) is 3. The molecule has 0 saturated carbocycles. The van der Waals surface area contributed by atoms with Gasteiger partial charge in [-0.25, -0.2) is 5.43 Å². The molecule has 0 radical (unpaired) electrons. The maximum absolute atomic E-state index is 11.2. The molecule has 0 bridgehead atoms. The van der Waals surface area contributed by atoms with Gasteiger partial charge in [-0.1, -0.05) is 12.2 Å². The second-order valence-corrected chi connectivity index (χ2v) is 2.74. The van der Waals surface area contributed by atoms with Crippen LogP contribution in [0.4, 0.5) is 0 Å². The third-order valence-electron chi connectivity index (χ3n) is 1.93. The SMILES string of the molecule is O=C1CC=CC2=C1C(=O)NNC2. The molecule has 0 aromatic heterocycles. The molecule has 4 nitrogen and oxygen atoms in total. The van der Waals surface area contributed by atoms with E-state index in [0.29, 0.717) is 18.5 Å². The second-order valence-electron chi connectivity index (χ2n) is 2.74. The summed E-state index contributed by atoms with van der Waals surface area (Å²) in [6.07, 6.45) is 3.94. The summed E-state index contributed by atoms with van der Waals surface area (Å²) in [6, 6.07) is 0. The van der Waals surface area contributed by atoms with Crippen LogP contribution >= 0.6 is 0 Å². The minimum absolute atomic E-state index is 0.0912. The lowest BCUT2D eigenvalue weighted by Crippen LogP contribution is -2.46. The third-order valence-corrected chi connectivity index (χ3v) is 1.93. The molecule has 1 aliphatic heterocycles. The van der Waals surface area contributed by atoms with Crippen LogP contribution in [-0.4, -0.2) is 18.2 Å². The lowest BCUT2D eigenvalue weighted by atomic mass is 9.95. The zero-order valence-electron chi connectivity index (χ0n) is 6.39. The average molecular weight is 164 g/mol. The van der Waals surface area contributed by atoms with Crippen LogP contribution in [-0.2, 0) is 9.59 Å². The largest absolute Gasteiger partial charge is 0.294 e. The second kappa shape index (κ2) is 2.57. The van der Waals surface area contributed by atoms with Gasteiger partial charge in [0.05, 0.1) is 5.57 Å². The first kappa shape index (κ1) is 7.24. The fourth-order valence-corrected chi connectivity index (χ4v) is 1.37. The monoisotopic (exact) mass is 164 g/mol. The summed E-state index contributed by atoms with van der Waals surface area (Å²) in [5.41, 5.74) is 6.21. The van der Waals surface area contributed by atoms with Gasteiger partial charge in [0.1, 0.15) is 0 Å². The van der Waals surface area contributed by atoms with Crippen LogP contribution in [0.25, 0.3) is 0 Å². The Morgan fingerprint density at radius 1 is 1.33 bits per heavy atom. The van der Waals surface area contributed by atoms with E-state index < -0.39 is 0 Å². The molecule has 12 heavy (non-hydrogen) atoms. The quantitative estimate of drug-likeness (QED) is 0.472. The van der Waals surface area contributed by atoms with Gasteiger partial charge in [-0.3, -0.25) is 15.0 Å². The summed E-state index contributed by atoms with van der Waals surface area (Å²) in [5.74, 6) is -0.405.